The number of hydrogen-bond acceptors (Lipinski definition) is 11. The fraction of sp³-hybridized carbons (Fsp3) is 0.143. The maximum Gasteiger partial charge on any atom is 0.374 e. The van der Waals surface area contributed by atoms with Crippen molar-refractivity contribution in [3.05, 3.63) is 105 Å². The number of hydrogen-bond donors (Lipinski definition) is 1. The molecule has 1 N–H and O–H groups in total. The van der Waals surface area contributed by atoms with Gasteiger partial charge in [-0.2, -0.15) is 0 Å². The molecule has 12 heteroatoms. The number of rotatable bonds is 9. The Morgan fingerprint density at radius 2 is 1.12 bits per heavy atom. The van der Waals surface area contributed by atoms with E-state index < -0.39 is 28.6 Å². The van der Waals surface area contributed by atoms with Gasteiger partial charge in [-0.15, -0.1) is 0 Å². The van der Waals surface area contributed by atoms with Crippen molar-refractivity contribution in [2.75, 3.05) is 20.8 Å². The predicted octanol–water partition coefficient (Wildman–Crippen LogP) is 4.76. The number of para-hydroxylation sites is 4. The maximum atomic E-state index is 11.9. The molecule has 0 aliphatic heterocycles. The summed E-state index contributed by atoms with van der Waals surface area (Å²) >= 11 is 0. The van der Waals surface area contributed by atoms with Crippen LogP contribution in [0.25, 0.3) is 0 Å². The maximum absolute atomic E-state index is 11.9. The highest BCUT2D eigenvalue weighted by Gasteiger charge is 2.15. The third kappa shape index (κ3) is 7.51. The van der Waals surface area contributed by atoms with Gasteiger partial charge in [0.15, 0.2) is 23.0 Å². The normalized spacial score (nSPS) is 9.97. The van der Waals surface area contributed by atoms with Crippen LogP contribution in [0.4, 0.5) is 0 Å². The number of esters is 1. The van der Waals surface area contributed by atoms with Gasteiger partial charge in [0, 0.05) is 12.1 Å². The highest BCUT2D eigenvalue weighted by molar-refractivity contribution is 5.86. The molecule has 0 bridgehead atoms. The molecule has 0 amide bonds. The monoisotopic (exact) mass is 552 g/mol. The van der Waals surface area contributed by atoms with E-state index >= 15 is 0 Å². The average molecular weight is 552 g/mol. The molecule has 12 nitrogen and oxygen atoms in total. The van der Waals surface area contributed by atoms with Gasteiger partial charge in [-0.25, -0.2) is 9.59 Å². The van der Waals surface area contributed by atoms with Crippen molar-refractivity contribution in [1.82, 2.24) is 0 Å². The summed E-state index contributed by atoms with van der Waals surface area (Å²) in [6, 6.07) is 15.5. The van der Waals surface area contributed by atoms with Crippen LogP contribution in [0.5, 0.6) is 34.5 Å². The van der Waals surface area contributed by atoms with Crippen LogP contribution in [0.15, 0.2) is 91.6 Å². The highest BCUT2D eigenvalue weighted by Crippen LogP contribution is 2.30. The van der Waals surface area contributed by atoms with E-state index in [-0.39, 0.29) is 23.9 Å². The molecule has 0 saturated carbocycles. The van der Waals surface area contributed by atoms with Crippen molar-refractivity contribution in [3.63, 3.8) is 0 Å². The van der Waals surface area contributed by atoms with Crippen LogP contribution in [0.1, 0.15) is 28.0 Å². The summed E-state index contributed by atoms with van der Waals surface area (Å²) in [5.41, 5.74) is -1.08. The Kier molecular flexibility index (Phi) is 10.1. The minimum Gasteiger partial charge on any atom is -0.493 e. The van der Waals surface area contributed by atoms with Crippen LogP contribution >= 0.6 is 0 Å². The lowest BCUT2D eigenvalue weighted by molar-refractivity contribution is 0.0486. The van der Waals surface area contributed by atoms with Gasteiger partial charge in [-0.05, 0) is 31.2 Å². The first-order chi connectivity index (χ1) is 19.3. The first-order valence-electron chi connectivity index (χ1n) is 11.5. The van der Waals surface area contributed by atoms with Crippen molar-refractivity contribution in [2.45, 2.75) is 6.92 Å². The zero-order valence-corrected chi connectivity index (χ0v) is 21.6. The van der Waals surface area contributed by atoms with Crippen LogP contribution in [-0.4, -0.2) is 37.9 Å². The van der Waals surface area contributed by atoms with Crippen LogP contribution in [0.2, 0.25) is 0 Å². The lowest BCUT2D eigenvalue weighted by atomic mass is 10.3. The topological polar surface area (TPSA) is 161 Å². The molecule has 40 heavy (non-hydrogen) atoms. The van der Waals surface area contributed by atoms with Crippen molar-refractivity contribution in [2.24, 2.45) is 0 Å². The minimum absolute atomic E-state index is 0.0486. The largest absolute Gasteiger partial charge is 0.493 e. The van der Waals surface area contributed by atoms with E-state index in [0.717, 1.165) is 24.7 Å². The molecular weight excluding hydrogens is 528 g/mol. The fourth-order valence-corrected chi connectivity index (χ4v) is 3.01. The predicted molar refractivity (Wildman–Crippen MR) is 139 cm³/mol. The summed E-state index contributed by atoms with van der Waals surface area (Å²) in [6.45, 7) is 1.86. The van der Waals surface area contributed by atoms with E-state index in [1.165, 1.54) is 14.2 Å². The molecule has 2 aromatic carbocycles. The summed E-state index contributed by atoms with van der Waals surface area (Å²) in [5, 5.41) is 8.68. The van der Waals surface area contributed by atoms with E-state index in [0.29, 0.717) is 23.0 Å². The number of carbonyl (C=O) groups excluding carboxylic acids is 1. The Morgan fingerprint density at radius 3 is 1.52 bits per heavy atom. The van der Waals surface area contributed by atoms with Crippen molar-refractivity contribution in [3.8, 4) is 34.5 Å². The van der Waals surface area contributed by atoms with Gasteiger partial charge in [0.25, 0.3) is 0 Å². The van der Waals surface area contributed by atoms with Gasteiger partial charge in [-0.3, -0.25) is 9.59 Å². The number of methoxy groups -OCH3 is 2. The van der Waals surface area contributed by atoms with Crippen LogP contribution < -0.4 is 29.8 Å². The van der Waals surface area contributed by atoms with E-state index in [4.69, 9.17) is 37.6 Å². The van der Waals surface area contributed by atoms with Crippen molar-refractivity contribution in [1.29, 1.82) is 0 Å². The van der Waals surface area contributed by atoms with Crippen LogP contribution in [0.3, 0.4) is 0 Å². The first-order valence-corrected chi connectivity index (χ1v) is 11.5. The van der Waals surface area contributed by atoms with Gasteiger partial charge < -0.3 is 37.6 Å². The number of aromatic carboxylic acids is 1. The molecule has 0 atom stereocenters. The Hall–Kier alpha value is -5.52. The second-order valence-electron chi connectivity index (χ2n) is 7.48. The molecule has 0 spiro atoms. The second kappa shape index (κ2) is 13.9. The Bertz CT molecular complexity index is 1580. The van der Waals surface area contributed by atoms with Crippen molar-refractivity contribution >= 4 is 11.9 Å². The molecule has 0 radical (unpaired) electrons. The fourth-order valence-electron chi connectivity index (χ4n) is 3.01. The quantitative estimate of drug-likeness (QED) is 0.284. The Balaban J connectivity index is 0.000000222. The molecule has 2 heterocycles. The number of benzene rings is 2. The van der Waals surface area contributed by atoms with Crippen molar-refractivity contribution < 1.29 is 47.2 Å². The molecule has 4 rings (SSSR count). The molecule has 0 saturated heterocycles. The molecule has 2 aromatic heterocycles. The zero-order valence-electron chi connectivity index (χ0n) is 21.6. The van der Waals surface area contributed by atoms with Crippen LogP contribution in [-0.2, 0) is 4.74 Å². The highest BCUT2D eigenvalue weighted by atomic mass is 16.5. The summed E-state index contributed by atoms with van der Waals surface area (Å²) in [6.07, 6.45) is 2.03. The minimum atomic E-state index is -1.32. The third-order valence-electron chi connectivity index (χ3n) is 4.86. The average Bonchev–Trinajstić information content (AvgIpc) is 2.96. The smallest absolute Gasteiger partial charge is 0.374 e. The zero-order chi connectivity index (χ0) is 29.1. The molecule has 4 aromatic rings. The molecular formula is C28H24O12. The summed E-state index contributed by atoms with van der Waals surface area (Å²) in [4.78, 5) is 45.7. The standard InChI is InChI=1S/C15H14O6.C13H10O6/c1-3-19-15(17)13-8-10(16)14(9-20-13)21-12-7-5-4-6-11(12)18-2;1-17-9-4-2-3-5-10(9)19-12-7-18-11(13(15)16)6-8(12)14/h4-9H,3H2,1-2H3;2-7H,1H3,(H,15,16). The van der Waals surface area contributed by atoms with E-state index in [9.17, 15) is 19.2 Å². The SMILES string of the molecule is CCOC(=O)c1cc(=O)c(Oc2ccccc2OC)co1.COc1ccccc1Oc1coc(C(=O)O)cc1=O. The summed E-state index contributed by atoms with van der Waals surface area (Å²) < 4.78 is 35.6. The van der Waals surface area contributed by atoms with Gasteiger partial charge in [-0.1, -0.05) is 24.3 Å². The molecule has 208 valence electrons. The molecule has 0 aliphatic carbocycles. The molecule has 0 fully saturated rings. The van der Waals surface area contributed by atoms with E-state index in [1.807, 2.05) is 0 Å². The first kappa shape index (κ1) is 29.0. The van der Waals surface area contributed by atoms with E-state index in [2.05, 4.69) is 0 Å². The van der Waals surface area contributed by atoms with Gasteiger partial charge in [0.2, 0.25) is 33.9 Å². The Morgan fingerprint density at radius 1 is 0.700 bits per heavy atom. The summed E-state index contributed by atoms with van der Waals surface area (Å²) in [5.74, 6) is -1.17. The lowest BCUT2D eigenvalue weighted by Gasteiger charge is -2.09. The number of carboxylic acids is 1. The van der Waals surface area contributed by atoms with Gasteiger partial charge >= 0.3 is 11.9 Å². The number of carbonyl (C=O) groups is 2. The Labute approximate surface area is 226 Å². The lowest BCUT2D eigenvalue weighted by Crippen LogP contribution is -2.10. The molecule has 0 unspecified atom stereocenters. The van der Waals surface area contributed by atoms with Gasteiger partial charge in [0.1, 0.15) is 12.5 Å². The summed E-state index contributed by atoms with van der Waals surface area (Å²) in [7, 11) is 2.97. The number of ether oxygens (including phenoxy) is 5. The van der Waals surface area contributed by atoms with Gasteiger partial charge in [0.05, 0.1) is 20.8 Å². The van der Waals surface area contributed by atoms with E-state index in [1.54, 1.807) is 55.5 Å². The number of carboxylic acid groups (broad SMARTS) is 1. The second-order valence-corrected chi connectivity index (χ2v) is 7.48. The molecule has 0 aliphatic rings. The van der Waals surface area contributed by atoms with Crippen LogP contribution in [0, 0.1) is 0 Å². The third-order valence-corrected chi connectivity index (χ3v) is 4.86.